The minimum atomic E-state index is 0.129. The van der Waals surface area contributed by atoms with Gasteiger partial charge in [0.2, 0.25) is 0 Å². The molecule has 0 unspecified atom stereocenters. The van der Waals surface area contributed by atoms with Crippen molar-refractivity contribution in [1.29, 1.82) is 0 Å². The van der Waals surface area contributed by atoms with Gasteiger partial charge in [-0.05, 0) is 48.2 Å². The average Bonchev–Trinajstić information content (AvgIpc) is 2.64. The van der Waals surface area contributed by atoms with Gasteiger partial charge >= 0.3 is 0 Å². The molecule has 8 heteroatoms. The summed E-state index contributed by atoms with van der Waals surface area (Å²) >= 11 is 23.9. The minimum absolute atomic E-state index is 0.129. The van der Waals surface area contributed by atoms with Crippen molar-refractivity contribution in [3.05, 3.63) is 67.6 Å². The lowest BCUT2D eigenvalue weighted by molar-refractivity contribution is -0.117. The summed E-state index contributed by atoms with van der Waals surface area (Å²) in [4.78, 5) is 24.0. The molecule has 0 heterocycles. The standard InChI is InChI=1S/C20H18Cl4O2S2/c21-15-5-1-13(19(23)9-15)3-7-17(25)11-27-28-12-18(26)8-4-14-2-6-16(22)10-20(14)24/h1-2,5-6,9-10H,3-4,7-8,11-12H2. The van der Waals surface area contributed by atoms with Crippen molar-refractivity contribution in [1.82, 2.24) is 0 Å². The number of carbonyl (C=O) groups excluding carboxylic acids is 2. The first-order valence-corrected chi connectivity index (χ1v) is 12.5. The maximum Gasteiger partial charge on any atom is 0.143 e. The molecule has 0 atom stereocenters. The summed E-state index contributed by atoms with van der Waals surface area (Å²) in [6.45, 7) is 0. The first kappa shape index (κ1) is 23.9. The third-order valence-corrected chi connectivity index (χ3v) is 7.33. The lowest BCUT2D eigenvalue weighted by Gasteiger charge is -2.05. The van der Waals surface area contributed by atoms with E-state index in [-0.39, 0.29) is 11.6 Å². The molecule has 0 N–H and O–H groups in total. The third kappa shape index (κ3) is 8.56. The van der Waals surface area contributed by atoms with E-state index in [9.17, 15) is 9.59 Å². The lowest BCUT2D eigenvalue weighted by Crippen LogP contribution is -2.05. The van der Waals surface area contributed by atoms with E-state index in [1.807, 2.05) is 12.1 Å². The highest BCUT2D eigenvalue weighted by Gasteiger charge is 2.09. The second kappa shape index (κ2) is 12.4. The lowest BCUT2D eigenvalue weighted by atomic mass is 10.1. The molecule has 0 aliphatic rings. The number of rotatable bonds is 11. The number of benzene rings is 2. The molecule has 0 spiro atoms. The molecule has 2 aromatic carbocycles. The van der Waals surface area contributed by atoms with Gasteiger partial charge in [0.1, 0.15) is 11.6 Å². The Morgan fingerprint density at radius 3 is 1.43 bits per heavy atom. The van der Waals surface area contributed by atoms with Crippen LogP contribution in [0.15, 0.2) is 36.4 Å². The molecule has 0 fully saturated rings. The molecule has 0 aromatic heterocycles. The van der Waals surface area contributed by atoms with Gasteiger partial charge in [-0.15, -0.1) is 0 Å². The maximum atomic E-state index is 12.0. The summed E-state index contributed by atoms with van der Waals surface area (Å²) in [5.74, 6) is 0.992. The molecule has 0 radical (unpaired) electrons. The van der Waals surface area contributed by atoms with Crippen molar-refractivity contribution in [3.8, 4) is 0 Å². The summed E-state index contributed by atoms with van der Waals surface area (Å²) in [5, 5.41) is 2.31. The van der Waals surface area contributed by atoms with Crippen molar-refractivity contribution < 1.29 is 9.59 Å². The first-order valence-electron chi connectivity index (χ1n) is 8.51. The van der Waals surface area contributed by atoms with Gasteiger partial charge in [-0.1, -0.05) is 80.1 Å². The first-order chi connectivity index (χ1) is 13.3. The van der Waals surface area contributed by atoms with Gasteiger partial charge in [0.15, 0.2) is 0 Å². The molecule has 0 aliphatic heterocycles. The molecule has 0 amide bonds. The van der Waals surface area contributed by atoms with Gasteiger partial charge in [-0.3, -0.25) is 9.59 Å². The summed E-state index contributed by atoms with van der Waals surface area (Å²) in [6.07, 6.45) is 2.00. The highest BCUT2D eigenvalue weighted by Crippen LogP contribution is 2.26. The Kier molecular flexibility index (Phi) is 10.6. The molecule has 0 aliphatic carbocycles. The Bertz CT molecular complexity index is 773. The number of ketones is 2. The zero-order valence-electron chi connectivity index (χ0n) is 14.9. The van der Waals surface area contributed by atoms with E-state index in [2.05, 4.69) is 0 Å². The Balaban J connectivity index is 1.61. The number of hydrogen-bond acceptors (Lipinski definition) is 4. The van der Waals surface area contributed by atoms with E-state index in [4.69, 9.17) is 46.4 Å². The number of aryl methyl sites for hydroxylation is 2. The van der Waals surface area contributed by atoms with Crippen molar-refractivity contribution >= 4 is 79.6 Å². The smallest absolute Gasteiger partial charge is 0.143 e. The van der Waals surface area contributed by atoms with Crippen LogP contribution >= 0.6 is 68.0 Å². The van der Waals surface area contributed by atoms with Crippen LogP contribution in [-0.4, -0.2) is 23.1 Å². The predicted molar refractivity (Wildman–Crippen MR) is 124 cm³/mol. The molecule has 2 aromatic rings. The van der Waals surface area contributed by atoms with Crippen molar-refractivity contribution in [2.75, 3.05) is 11.5 Å². The summed E-state index contributed by atoms with van der Waals surface area (Å²) in [7, 11) is 2.81. The van der Waals surface area contributed by atoms with Crippen LogP contribution in [0, 0.1) is 0 Å². The summed E-state index contributed by atoms with van der Waals surface area (Å²) in [6, 6.07) is 10.6. The van der Waals surface area contributed by atoms with Crippen LogP contribution in [-0.2, 0) is 22.4 Å². The number of hydrogen-bond donors (Lipinski definition) is 0. The monoisotopic (exact) mass is 494 g/mol. The molecule has 0 saturated heterocycles. The van der Waals surface area contributed by atoms with Gasteiger partial charge in [-0.25, -0.2) is 0 Å². The molecule has 28 heavy (non-hydrogen) atoms. The van der Waals surface area contributed by atoms with E-state index in [0.29, 0.717) is 57.3 Å². The van der Waals surface area contributed by atoms with Gasteiger partial charge in [0, 0.05) is 32.9 Å². The highest BCUT2D eigenvalue weighted by atomic mass is 35.5. The number of carbonyl (C=O) groups is 2. The fraction of sp³-hybridized carbons (Fsp3) is 0.300. The average molecular weight is 496 g/mol. The van der Waals surface area contributed by atoms with E-state index in [1.165, 1.54) is 21.6 Å². The van der Waals surface area contributed by atoms with Crippen molar-refractivity contribution in [2.24, 2.45) is 0 Å². The fourth-order valence-electron chi connectivity index (χ4n) is 2.36. The maximum absolute atomic E-state index is 12.0. The second-order valence-corrected chi connectivity index (χ2v) is 10.2. The van der Waals surface area contributed by atoms with E-state index < -0.39 is 0 Å². The van der Waals surface area contributed by atoms with Crippen LogP contribution in [0.25, 0.3) is 0 Å². The normalized spacial score (nSPS) is 10.9. The molecular weight excluding hydrogens is 478 g/mol. The van der Waals surface area contributed by atoms with E-state index >= 15 is 0 Å². The van der Waals surface area contributed by atoms with Gasteiger partial charge in [-0.2, -0.15) is 0 Å². The molecule has 150 valence electrons. The summed E-state index contributed by atoms with van der Waals surface area (Å²) in [5.41, 5.74) is 1.82. The van der Waals surface area contributed by atoms with Crippen LogP contribution in [0.5, 0.6) is 0 Å². The van der Waals surface area contributed by atoms with Crippen molar-refractivity contribution in [3.63, 3.8) is 0 Å². The molecular formula is C20H18Cl4O2S2. The van der Waals surface area contributed by atoms with Gasteiger partial charge < -0.3 is 0 Å². The van der Waals surface area contributed by atoms with Crippen LogP contribution < -0.4 is 0 Å². The fourth-order valence-corrected chi connectivity index (χ4v) is 5.37. The molecule has 2 nitrogen and oxygen atoms in total. The van der Waals surface area contributed by atoms with Crippen LogP contribution in [0.4, 0.5) is 0 Å². The highest BCUT2D eigenvalue weighted by molar-refractivity contribution is 8.77. The van der Waals surface area contributed by atoms with E-state index in [0.717, 1.165) is 11.1 Å². The zero-order valence-corrected chi connectivity index (χ0v) is 19.5. The third-order valence-electron chi connectivity index (χ3n) is 3.90. The van der Waals surface area contributed by atoms with Crippen molar-refractivity contribution in [2.45, 2.75) is 25.7 Å². The largest absolute Gasteiger partial charge is 0.299 e. The van der Waals surface area contributed by atoms with E-state index in [1.54, 1.807) is 24.3 Å². The Hall–Kier alpha value is -0.360. The summed E-state index contributed by atoms with van der Waals surface area (Å²) < 4.78 is 0. The Labute approximate surface area is 193 Å². The van der Waals surface area contributed by atoms with Crippen LogP contribution in [0.1, 0.15) is 24.0 Å². The van der Waals surface area contributed by atoms with Crippen LogP contribution in [0.3, 0.4) is 0 Å². The zero-order chi connectivity index (χ0) is 20.5. The minimum Gasteiger partial charge on any atom is -0.299 e. The topological polar surface area (TPSA) is 34.1 Å². The second-order valence-electron chi connectivity index (χ2n) is 6.07. The molecule has 2 rings (SSSR count). The van der Waals surface area contributed by atoms with Gasteiger partial charge in [0.25, 0.3) is 0 Å². The molecule has 0 bridgehead atoms. The van der Waals surface area contributed by atoms with Gasteiger partial charge in [0.05, 0.1) is 11.5 Å². The van der Waals surface area contributed by atoms with Crippen LogP contribution in [0.2, 0.25) is 20.1 Å². The Morgan fingerprint density at radius 1 is 0.679 bits per heavy atom. The predicted octanol–water partition coefficient (Wildman–Crippen LogP) is 7.39. The Morgan fingerprint density at radius 2 is 1.07 bits per heavy atom. The quantitative estimate of drug-likeness (QED) is 0.240. The number of halogens is 4. The molecule has 0 saturated carbocycles. The number of Topliss-reactive ketones (excluding diaryl/α,β-unsaturated/α-hetero) is 2. The SMILES string of the molecule is O=C(CCc1ccc(Cl)cc1Cl)CSSCC(=O)CCc1ccc(Cl)cc1Cl.